The van der Waals surface area contributed by atoms with Gasteiger partial charge in [-0.2, -0.15) is 10.2 Å². The molecule has 2 aliphatic heterocycles. The summed E-state index contributed by atoms with van der Waals surface area (Å²) in [5, 5.41) is 15.3. The van der Waals surface area contributed by atoms with Gasteiger partial charge in [-0.15, -0.1) is 0 Å². The molecule has 142 valence electrons. The highest BCUT2D eigenvalue weighted by Crippen LogP contribution is 2.30. The lowest BCUT2D eigenvalue weighted by molar-refractivity contribution is -0.138. The van der Waals surface area contributed by atoms with Crippen molar-refractivity contribution >= 4 is 11.7 Å². The zero-order valence-electron chi connectivity index (χ0n) is 15.1. The number of hydrogen-bond acceptors (Lipinski definition) is 6. The van der Waals surface area contributed by atoms with Crippen molar-refractivity contribution in [3.8, 4) is 0 Å². The largest absolute Gasteiger partial charge is 0.479 e. The van der Waals surface area contributed by atoms with Crippen LogP contribution in [0.3, 0.4) is 0 Å². The average molecular weight is 370 g/mol. The first-order valence-electron chi connectivity index (χ1n) is 8.90. The van der Waals surface area contributed by atoms with Crippen LogP contribution in [-0.2, 0) is 20.9 Å². The average Bonchev–Trinajstić information content (AvgIpc) is 3.41. The molecule has 1 saturated heterocycles. The van der Waals surface area contributed by atoms with Crippen molar-refractivity contribution in [2.24, 2.45) is 0 Å². The molecular formula is C19H22N4O4. The first kappa shape index (κ1) is 17.4. The second-order valence-corrected chi connectivity index (χ2v) is 6.68. The monoisotopic (exact) mass is 370 g/mol. The summed E-state index contributed by atoms with van der Waals surface area (Å²) in [7, 11) is 1.69. The Morgan fingerprint density at radius 1 is 1.37 bits per heavy atom. The number of carboxylic acid groups (broad SMARTS) is 1. The number of methoxy groups -OCH3 is 1. The molecule has 0 saturated carbocycles. The normalized spacial score (nSPS) is 22.0. The fourth-order valence-corrected chi connectivity index (χ4v) is 3.38. The Morgan fingerprint density at radius 3 is 2.89 bits per heavy atom. The summed E-state index contributed by atoms with van der Waals surface area (Å²) in [5.74, 6) is -0.416. The Morgan fingerprint density at radius 2 is 2.19 bits per heavy atom. The van der Waals surface area contributed by atoms with Crippen molar-refractivity contribution in [3.63, 3.8) is 0 Å². The lowest BCUT2D eigenvalue weighted by atomic mass is 10.2. The van der Waals surface area contributed by atoms with Gasteiger partial charge in [-0.3, -0.25) is 4.68 Å². The number of aliphatic carboxylic acids is 1. The molecule has 0 radical (unpaired) electrons. The third kappa shape index (κ3) is 3.61. The van der Waals surface area contributed by atoms with Crippen molar-refractivity contribution < 1.29 is 19.5 Å². The molecular weight excluding hydrogens is 348 g/mol. The van der Waals surface area contributed by atoms with E-state index in [4.69, 9.17) is 9.57 Å². The molecule has 8 heteroatoms. The van der Waals surface area contributed by atoms with Crippen molar-refractivity contribution in [3.05, 3.63) is 60.2 Å². The number of anilines is 1. The second-order valence-electron chi connectivity index (χ2n) is 6.68. The van der Waals surface area contributed by atoms with Gasteiger partial charge in [0.25, 0.3) is 0 Å². The zero-order valence-corrected chi connectivity index (χ0v) is 15.1. The van der Waals surface area contributed by atoms with E-state index in [0.29, 0.717) is 24.7 Å². The minimum absolute atomic E-state index is 0.139. The number of carbonyl (C=O) groups is 1. The highest BCUT2D eigenvalue weighted by Gasteiger charge is 2.38. The minimum atomic E-state index is -0.969. The van der Waals surface area contributed by atoms with E-state index in [1.807, 2.05) is 35.2 Å². The van der Waals surface area contributed by atoms with E-state index in [-0.39, 0.29) is 6.10 Å². The Kier molecular flexibility index (Phi) is 4.72. The van der Waals surface area contributed by atoms with Gasteiger partial charge in [0.1, 0.15) is 5.69 Å². The fourth-order valence-electron chi connectivity index (χ4n) is 3.38. The van der Waals surface area contributed by atoms with Crippen LogP contribution >= 0.6 is 0 Å². The van der Waals surface area contributed by atoms with Crippen LogP contribution in [0.4, 0.5) is 5.69 Å². The summed E-state index contributed by atoms with van der Waals surface area (Å²) < 4.78 is 7.14. The summed E-state index contributed by atoms with van der Waals surface area (Å²) in [6, 6.07) is 9.07. The first-order valence-corrected chi connectivity index (χ1v) is 8.90. The maximum absolute atomic E-state index is 11.7. The number of hydrogen-bond donors (Lipinski definition) is 1. The summed E-state index contributed by atoms with van der Waals surface area (Å²) >= 11 is 0. The summed E-state index contributed by atoms with van der Waals surface area (Å²) in [4.78, 5) is 19.6. The van der Waals surface area contributed by atoms with Gasteiger partial charge in [0.05, 0.1) is 25.0 Å². The quantitative estimate of drug-likeness (QED) is 0.829. The Labute approximate surface area is 157 Å². The van der Waals surface area contributed by atoms with Crippen LogP contribution < -0.4 is 5.06 Å². The van der Waals surface area contributed by atoms with E-state index in [1.165, 1.54) is 5.06 Å². The molecule has 1 N–H and O–H groups in total. The molecule has 3 heterocycles. The summed E-state index contributed by atoms with van der Waals surface area (Å²) in [6.45, 7) is 2.07. The molecule has 1 unspecified atom stereocenters. The third-order valence-corrected chi connectivity index (χ3v) is 4.85. The first-order chi connectivity index (χ1) is 13.1. The van der Waals surface area contributed by atoms with Gasteiger partial charge < -0.3 is 19.6 Å². The second kappa shape index (κ2) is 7.32. The summed E-state index contributed by atoms with van der Waals surface area (Å²) in [5.41, 5.74) is 1.72. The van der Waals surface area contributed by atoms with Gasteiger partial charge in [0, 0.05) is 26.3 Å². The van der Waals surface area contributed by atoms with Crippen molar-refractivity contribution in [2.75, 3.05) is 25.3 Å². The Hall–Kier alpha value is -3.00. The molecule has 1 aromatic heterocycles. The lowest BCUT2D eigenvalue weighted by Gasteiger charge is -2.23. The van der Waals surface area contributed by atoms with Crippen LogP contribution in [0.1, 0.15) is 12.0 Å². The van der Waals surface area contributed by atoms with Crippen molar-refractivity contribution in [2.45, 2.75) is 25.1 Å². The standard InChI is InChI=1S/C19H22N4O4/c1-26-16-7-8-21(13-16)18-9-17(19(24)25)23(27-18)15-10-20-22(12-15)11-14-5-3-2-4-6-14/h2-6,9-10,12,16-17H,7-8,11,13H2,1H3,(H,24,25)/t16?,17-/m1/s1. The number of rotatable bonds is 6. The topological polar surface area (TPSA) is 80.1 Å². The number of benzene rings is 1. The maximum Gasteiger partial charge on any atom is 0.334 e. The molecule has 2 atom stereocenters. The van der Waals surface area contributed by atoms with Crippen LogP contribution in [0.25, 0.3) is 0 Å². The number of nitrogens with zero attached hydrogens (tertiary/aromatic N) is 4. The third-order valence-electron chi connectivity index (χ3n) is 4.85. The summed E-state index contributed by atoms with van der Waals surface area (Å²) in [6.07, 6.45) is 6.08. The molecule has 2 aromatic rings. The predicted octanol–water partition coefficient (Wildman–Crippen LogP) is 1.70. The SMILES string of the molecule is COC1CCN(C2=C[C@H](C(=O)O)N(c3cnn(Cc4ccccc4)c3)O2)C1. The van der Waals surface area contributed by atoms with E-state index in [0.717, 1.165) is 18.5 Å². The smallest absolute Gasteiger partial charge is 0.334 e. The van der Waals surface area contributed by atoms with Crippen LogP contribution in [-0.4, -0.2) is 58.1 Å². The fraction of sp³-hybridized carbons (Fsp3) is 0.368. The number of ether oxygens (including phenoxy) is 1. The van der Waals surface area contributed by atoms with Crippen molar-refractivity contribution in [1.82, 2.24) is 14.7 Å². The van der Waals surface area contributed by atoms with Crippen LogP contribution in [0, 0.1) is 0 Å². The van der Waals surface area contributed by atoms with E-state index in [2.05, 4.69) is 5.10 Å². The van der Waals surface area contributed by atoms with Crippen LogP contribution in [0.15, 0.2) is 54.7 Å². The van der Waals surface area contributed by atoms with E-state index < -0.39 is 12.0 Å². The van der Waals surface area contributed by atoms with E-state index in [1.54, 1.807) is 30.3 Å². The minimum Gasteiger partial charge on any atom is -0.479 e. The molecule has 0 aliphatic carbocycles. The van der Waals surface area contributed by atoms with E-state index >= 15 is 0 Å². The van der Waals surface area contributed by atoms with Gasteiger partial charge in [-0.05, 0) is 12.0 Å². The number of carboxylic acids is 1. The van der Waals surface area contributed by atoms with Crippen molar-refractivity contribution in [1.29, 1.82) is 0 Å². The molecule has 1 fully saturated rings. The molecule has 8 nitrogen and oxygen atoms in total. The number of likely N-dealkylation sites (tertiary alicyclic amines) is 1. The van der Waals surface area contributed by atoms with Gasteiger partial charge >= 0.3 is 5.97 Å². The molecule has 0 amide bonds. The van der Waals surface area contributed by atoms with Crippen LogP contribution in [0.2, 0.25) is 0 Å². The molecule has 2 aliphatic rings. The molecule has 1 aromatic carbocycles. The molecule has 27 heavy (non-hydrogen) atoms. The maximum atomic E-state index is 11.7. The van der Waals surface area contributed by atoms with Gasteiger partial charge in [-0.1, -0.05) is 30.3 Å². The van der Waals surface area contributed by atoms with Gasteiger partial charge in [0.15, 0.2) is 6.04 Å². The Balaban J connectivity index is 1.49. The van der Waals surface area contributed by atoms with Crippen LogP contribution in [0.5, 0.6) is 0 Å². The molecule has 4 rings (SSSR count). The van der Waals surface area contributed by atoms with Gasteiger partial charge in [0.2, 0.25) is 5.88 Å². The van der Waals surface area contributed by atoms with E-state index in [9.17, 15) is 9.90 Å². The zero-order chi connectivity index (χ0) is 18.8. The lowest BCUT2D eigenvalue weighted by Crippen LogP contribution is -2.35. The predicted molar refractivity (Wildman–Crippen MR) is 97.8 cm³/mol. The number of hydroxylamine groups is 1. The highest BCUT2D eigenvalue weighted by atomic mass is 16.7. The molecule has 0 spiro atoms. The highest BCUT2D eigenvalue weighted by molar-refractivity contribution is 5.80. The van der Waals surface area contributed by atoms with Gasteiger partial charge in [-0.25, -0.2) is 4.79 Å². The number of aromatic nitrogens is 2. The Bertz CT molecular complexity index is 835. The molecule has 0 bridgehead atoms.